The van der Waals surface area contributed by atoms with Gasteiger partial charge in [-0.1, -0.05) is 30.0 Å². The maximum absolute atomic E-state index is 9.06. The standard InChI is InChI=1S/C16H19N5S/c1-13(11-17)22-16-19-18-15(12-20-9-5-6-10-20)21(16)14-7-3-2-4-8-14/h2-4,7-8,13H,5-6,9-10,12H2,1H3/t13-/m0/s1. The third-order valence-electron chi connectivity index (χ3n) is 3.74. The zero-order valence-corrected chi connectivity index (χ0v) is 13.5. The highest BCUT2D eigenvalue weighted by atomic mass is 32.2. The molecule has 0 N–H and O–H groups in total. The van der Waals surface area contributed by atoms with E-state index in [4.69, 9.17) is 5.26 Å². The first-order valence-corrected chi connectivity index (χ1v) is 8.44. The van der Waals surface area contributed by atoms with Crippen LogP contribution in [0.4, 0.5) is 0 Å². The minimum absolute atomic E-state index is 0.147. The molecule has 1 aliphatic rings. The smallest absolute Gasteiger partial charge is 0.197 e. The van der Waals surface area contributed by atoms with E-state index in [1.165, 1.54) is 24.6 Å². The van der Waals surface area contributed by atoms with Crippen molar-refractivity contribution in [2.45, 2.75) is 36.7 Å². The number of para-hydroxylation sites is 1. The van der Waals surface area contributed by atoms with Crippen molar-refractivity contribution in [1.82, 2.24) is 19.7 Å². The van der Waals surface area contributed by atoms with E-state index in [0.29, 0.717) is 0 Å². The Morgan fingerprint density at radius 2 is 1.95 bits per heavy atom. The van der Waals surface area contributed by atoms with Crippen molar-refractivity contribution < 1.29 is 0 Å². The van der Waals surface area contributed by atoms with Crippen LogP contribution in [0, 0.1) is 11.3 Å². The Hall–Kier alpha value is -1.84. The summed E-state index contributed by atoms with van der Waals surface area (Å²) in [6.07, 6.45) is 2.51. The van der Waals surface area contributed by atoms with Crippen LogP contribution in [-0.4, -0.2) is 38.0 Å². The lowest BCUT2D eigenvalue weighted by Gasteiger charge is -2.16. The molecule has 1 aliphatic heterocycles. The Labute approximate surface area is 135 Å². The normalized spacial score (nSPS) is 16.5. The van der Waals surface area contributed by atoms with Gasteiger partial charge in [-0.15, -0.1) is 10.2 Å². The summed E-state index contributed by atoms with van der Waals surface area (Å²) >= 11 is 1.45. The highest BCUT2D eigenvalue weighted by molar-refractivity contribution is 8.00. The average molecular weight is 313 g/mol. The Bertz CT molecular complexity index is 655. The van der Waals surface area contributed by atoms with Crippen LogP contribution < -0.4 is 0 Å². The Morgan fingerprint density at radius 3 is 2.64 bits per heavy atom. The molecule has 2 aromatic rings. The van der Waals surface area contributed by atoms with Crippen LogP contribution in [-0.2, 0) is 6.54 Å². The molecule has 1 saturated heterocycles. The molecule has 5 nitrogen and oxygen atoms in total. The van der Waals surface area contributed by atoms with Crippen molar-refractivity contribution in [2.24, 2.45) is 0 Å². The first-order valence-electron chi connectivity index (χ1n) is 7.56. The van der Waals surface area contributed by atoms with E-state index in [0.717, 1.165) is 36.3 Å². The number of aromatic nitrogens is 3. The van der Waals surface area contributed by atoms with Crippen molar-refractivity contribution in [3.63, 3.8) is 0 Å². The molecule has 114 valence electrons. The van der Waals surface area contributed by atoms with E-state index < -0.39 is 0 Å². The predicted molar refractivity (Wildman–Crippen MR) is 86.8 cm³/mol. The number of nitrogens with zero attached hydrogens (tertiary/aromatic N) is 5. The lowest BCUT2D eigenvalue weighted by molar-refractivity contribution is 0.319. The lowest BCUT2D eigenvalue weighted by Crippen LogP contribution is -2.21. The van der Waals surface area contributed by atoms with Gasteiger partial charge < -0.3 is 0 Å². The molecule has 0 spiro atoms. The number of hydrogen-bond donors (Lipinski definition) is 0. The number of hydrogen-bond acceptors (Lipinski definition) is 5. The van der Waals surface area contributed by atoms with Gasteiger partial charge in [0.25, 0.3) is 0 Å². The summed E-state index contributed by atoms with van der Waals surface area (Å²) in [4.78, 5) is 2.41. The Kier molecular flexibility index (Phi) is 4.76. The minimum Gasteiger partial charge on any atom is -0.296 e. The molecule has 1 atom stereocenters. The molecule has 0 bridgehead atoms. The summed E-state index contributed by atoms with van der Waals surface area (Å²) in [6, 6.07) is 12.4. The summed E-state index contributed by atoms with van der Waals surface area (Å²) < 4.78 is 2.08. The fraction of sp³-hybridized carbons (Fsp3) is 0.438. The quantitative estimate of drug-likeness (QED) is 0.794. The van der Waals surface area contributed by atoms with Crippen molar-refractivity contribution in [1.29, 1.82) is 5.26 Å². The van der Waals surface area contributed by atoms with Gasteiger partial charge >= 0.3 is 0 Å². The van der Waals surface area contributed by atoms with E-state index in [9.17, 15) is 0 Å². The van der Waals surface area contributed by atoms with Gasteiger partial charge in [-0.3, -0.25) is 9.47 Å². The van der Waals surface area contributed by atoms with Crippen molar-refractivity contribution in [2.75, 3.05) is 13.1 Å². The number of likely N-dealkylation sites (tertiary alicyclic amines) is 1. The zero-order chi connectivity index (χ0) is 15.4. The van der Waals surface area contributed by atoms with E-state index in [2.05, 4.69) is 37.9 Å². The Balaban J connectivity index is 1.93. The van der Waals surface area contributed by atoms with Crippen molar-refractivity contribution in [3.8, 4) is 11.8 Å². The van der Waals surface area contributed by atoms with E-state index in [1.54, 1.807) is 0 Å². The highest BCUT2D eigenvalue weighted by Gasteiger charge is 2.20. The van der Waals surface area contributed by atoms with Crippen LogP contribution in [0.1, 0.15) is 25.6 Å². The average Bonchev–Trinajstić information content (AvgIpc) is 3.19. The van der Waals surface area contributed by atoms with Gasteiger partial charge in [-0.25, -0.2) is 0 Å². The topological polar surface area (TPSA) is 57.7 Å². The van der Waals surface area contributed by atoms with Gasteiger partial charge in [0.15, 0.2) is 11.0 Å². The fourth-order valence-corrected chi connectivity index (χ4v) is 3.41. The van der Waals surface area contributed by atoms with Crippen LogP contribution >= 0.6 is 11.8 Å². The van der Waals surface area contributed by atoms with Crippen LogP contribution in [0.15, 0.2) is 35.5 Å². The summed E-state index contributed by atoms with van der Waals surface area (Å²) in [5.41, 5.74) is 1.05. The number of thioether (sulfide) groups is 1. The summed E-state index contributed by atoms with van der Waals surface area (Å²) in [5.74, 6) is 0.945. The number of benzene rings is 1. The van der Waals surface area contributed by atoms with Gasteiger partial charge in [-0.05, 0) is 45.0 Å². The number of nitriles is 1. The third kappa shape index (κ3) is 3.32. The second-order valence-electron chi connectivity index (χ2n) is 5.44. The second kappa shape index (κ2) is 6.95. The lowest BCUT2D eigenvalue weighted by atomic mass is 10.3. The minimum atomic E-state index is -0.147. The monoisotopic (exact) mass is 313 g/mol. The number of rotatable bonds is 5. The van der Waals surface area contributed by atoms with Crippen LogP contribution in [0.3, 0.4) is 0 Å². The van der Waals surface area contributed by atoms with Gasteiger partial charge in [0.2, 0.25) is 0 Å². The van der Waals surface area contributed by atoms with Crippen molar-refractivity contribution in [3.05, 3.63) is 36.2 Å². The van der Waals surface area contributed by atoms with E-state index in [-0.39, 0.29) is 5.25 Å². The first kappa shape index (κ1) is 15.1. The molecule has 1 fully saturated rings. The second-order valence-corrected chi connectivity index (χ2v) is 6.75. The molecule has 0 unspecified atom stereocenters. The summed E-state index contributed by atoms with van der Waals surface area (Å²) in [7, 11) is 0. The molecular weight excluding hydrogens is 294 g/mol. The highest BCUT2D eigenvalue weighted by Crippen LogP contribution is 2.26. The molecule has 1 aromatic carbocycles. The van der Waals surface area contributed by atoms with Crippen molar-refractivity contribution >= 4 is 11.8 Å². The molecule has 6 heteroatoms. The molecule has 3 rings (SSSR count). The maximum atomic E-state index is 9.06. The van der Waals surface area contributed by atoms with E-state index in [1.807, 2.05) is 25.1 Å². The predicted octanol–water partition coefficient (Wildman–Crippen LogP) is 2.87. The molecular formula is C16H19N5S. The Morgan fingerprint density at radius 1 is 1.23 bits per heavy atom. The van der Waals surface area contributed by atoms with E-state index >= 15 is 0 Å². The fourth-order valence-electron chi connectivity index (χ4n) is 2.64. The van der Waals surface area contributed by atoms with Gasteiger partial charge in [0.05, 0.1) is 17.9 Å². The zero-order valence-electron chi connectivity index (χ0n) is 12.6. The largest absolute Gasteiger partial charge is 0.296 e. The molecule has 0 saturated carbocycles. The molecule has 22 heavy (non-hydrogen) atoms. The van der Waals surface area contributed by atoms with Crippen LogP contribution in [0.25, 0.3) is 5.69 Å². The van der Waals surface area contributed by atoms with Gasteiger partial charge in [0, 0.05) is 5.69 Å². The maximum Gasteiger partial charge on any atom is 0.197 e. The molecule has 1 aromatic heterocycles. The SMILES string of the molecule is C[C@@H](C#N)Sc1nnc(CN2CCCC2)n1-c1ccccc1. The first-order chi connectivity index (χ1) is 10.8. The molecule has 0 aliphatic carbocycles. The van der Waals surface area contributed by atoms with Crippen LogP contribution in [0.5, 0.6) is 0 Å². The summed E-state index contributed by atoms with van der Waals surface area (Å²) in [6.45, 7) is 4.94. The van der Waals surface area contributed by atoms with Gasteiger partial charge in [-0.2, -0.15) is 5.26 Å². The molecule has 0 radical (unpaired) electrons. The molecule has 0 amide bonds. The molecule has 2 heterocycles. The summed E-state index contributed by atoms with van der Waals surface area (Å²) in [5, 5.41) is 18.4. The van der Waals surface area contributed by atoms with Gasteiger partial charge in [0.1, 0.15) is 0 Å². The van der Waals surface area contributed by atoms with Crippen LogP contribution in [0.2, 0.25) is 0 Å². The third-order valence-corrected chi connectivity index (χ3v) is 4.68.